The third kappa shape index (κ3) is 5.31. The van der Waals surface area contributed by atoms with Crippen molar-refractivity contribution in [3.05, 3.63) is 193 Å². The molecule has 0 N–H and O–H groups in total. The van der Waals surface area contributed by atoms with Crippen LogP contribution in [0.25, 0.3) is 81.4 Å². The lowest BCUT2D eigenvalue weighted by Crippen LogP contribution is -2.12. The number of benzene rings is 8. The highest BCUT2D eigenvalue weighted by atomic mass is 32.1. The van der Waals surface area contributed by atoms with Gasteiger partial charge in [0.2, 0.25) is 0 Å². The fourth-order valence-electron chi connectivity index (χ4n) is 8.62. The molecule has 0 amide bonds. The summed E-state index contributed by atoms with van der Waals surface area (Å²) in [5.41, 5.74) is 12.7. The van der Waals surface area contributed by atoms with E-state index in [9.17, 15) is 0 Å². The van der Waals surface area contributed by atoms with Crippen LogP contribution in [0.3, 0.4) is 0 Å². The number of thiophene rings is 1. The van der Waals surface area contributed by atoms with Gasteiger partial charge in [-0.3, -0.25) is 0 Å². The van der Waals surface area contributed by atoms with Crippen molar-refractivity contribution in [2.75, 3.05) is 4.90 Å². The first kappa shape index (κ1) is 31.8. The standard InChI is InChI=1S/C52H35NOS/c1-2-17-39-35(13-1)14-10-21-40(39)37-16-9-15-36(33-37)34-29-31-38(32-30-34)53(46-24-12-26-48-52(46)43-19-4-7-25-47(43)54-48)45-23-6-3-18-41(45)42-22-11-28-50-51(42)44-20-5-8-27-49(44)55-50/h1-6,8-24,26-33H,7,25H2. The van der Waals surface area contributed by atoms with Crippen LogP contribution in [0.15, 0.2) is 186 Å². The molecule has 8 aromatic carbocycles. The van der Waals surface area contributed by atoms with Crippen molar-refractivity contribution in [2.45, 2.75) is 12.8 Å². The van der Waals surface area contributed by atoms with Crippen LogP contribution >= 0.6 is 11.3 Å². The van der Waals surface area contributed by atoms with Crippen molar-refractivity contribution in [1.82, 2.24) is 0 Å². The van der Waals surface area contributed by atoms with E-state index in [2.05, 4.69) is 193 Å². The first-order valence-electron chi connectivity index (χ1n) is 19.0. The second kappa shape index (κ2) is 13.0. The molecular weight excluding hydrogens is 687 g/mol. The van der Waals surface area contributed by atoms with Gasteiger partial charge >= 0.3 is 0 Å². The van der Waals surface area contributed by atoms with Gasteiger partial charge in [-0.15, -0.1) is 11.3 Å². The van der Waals surface area contributed by atoms with Crippen molar-refractivity contribution < 1.29 is 4.42 Å². The van der Waals surface area contributed by atoms with Gasteiger partial charge in [-0.2, -0.15) is 0 Å². The molecule has 0 saturated carbocycles. The van der Waals surface area contributed by atoms with E-state index in [0.29, 0.717) is 0 Å². The lowest BCUT2D eigenvalue weighted by atomic mass is 9.95. The first-order valence-corrected chi connectivity index (χ1v) is 19.8. The summed E-state index contributed by atoms with van der Waals surface area (Å²) >= 11 is 1.86. The van der Waals surface area contributed by atoms with E-state index in [1.54, 1.807) is 0 Å². The van der Waals surface area contributed by atoms with Crippen LogP contribution in [-0.4, -0.2) is 0 Å². The van der Waals surface area contributed by atoms with Gasteiger partial charge < -0.3 is 9.32 Å². The number of anilines is 3. The zero-order valence-electron chi connectivity index (χ0n) is 30.1. The normalized spacial score (nSPS) is 12.5. The number of hydrogen-bond donors (Lipinski definition) is 0. The molecule has 0 unspecified atom stereocenters. The van der Waals surface area contributed by atoms with Crippen molar-refractivity contribution in [1.29, 1.82) is 0 Å². The summed E-state index contributed by atoms with van der Waals surface area (Å²) in [7, 11) is 0. The monoisotopic (exact) mass is 721 g/mol. The summed E-state index contributed by atoms with van der Waals surface area (Å²) < 4.78 is 9.14. The number of furan rings is 1. The highest BCUT2D eigenvalue weighted by Crippen LogP contribution is 2.49. The molecular formula is C52H35NOS. The molecule has 260 valence electrons. The van der Waals surface area contributed by atoms with Crippen LogP contribution in [0.4, 0.5) is 17.1 Å². The maximum absolute atomic E-state index is 6.54. The van der Waals surface area contributed by atoms with Gasteiger partial charge in [0.1, 0.15) is 11.3 Å². The number of hydrogen-bond acceptors (Lipinski definition) is 3. The van der Waals surface area contributed by atoms with E-state index in [0.717, 1.165) is 46.6 Å². The average Bonchev–Trinajstić information content (AvgIpc) is 3.83. The van der Waals surface area contributed by atoms with Crippen LogP contribution in [-0.2, 0) is 6.42 Å². The predicted molar refractivity (Wildman–Crippen MR) is 235 cm³/mol. The predicted octanol–water partition coefficient (Wildman–Crippen LogP) is 15.4. The third-order valence-corrected chi connectivity index (χ3v) is 12.3. The fourth-order valence-corrected chi connectivity index (χ4v) is 9.75. The summed E-state index contributed by atoms with van der Waals surface area (Å²) in [6, 6.07) is 64.1. The Kier molecular flexibility index (Phi) is 7.53. The highest BCUT2D eigenvalue weighted by Gasteiger charge is 2.25. The van der Waals surface area contributed by atoms with Crippen molar-refractivity contribution in [2.24, 2.45) is 0 Å². The summed E-state index contributed by atoms with van der Waals surface area (Å²) in [6.45, 7) is 0. The minimum Gasteiger partial charge on any atom is -0.460 e. The molecule has 2 heterocycles. The number of fused-ring (bicyclic) bond motifs is 7. The molecule has 0 aliphatic heterocycles. The van der Waals surface area contributed by atoms with E-state index in [4.69, 9.17) is 4.42 Å². The first-order chi connectivity index (χ1) is 27.3. The Hall–Kier alpha value is -6.68. The SMILES string of the molecule is C1=Cc2c(oc3cccc(N(c4ccc(-c5cccc(-c6cccc7ccccc67)c5)cc4)c4ccccc4-c4cccc5sc6ccccc6c45)c23)CC1. The average molecular weight is 722 g/mol. The zero-order chi connectivity index (χ0) is 36.3. The fraction of sp³-hybridized carbons (Fsp3) is 0.0385. The Morgan fingerprint density at radius 1 is 0.491 bits per heavy atom. The van der Waals surface area contributed by atoms with Gasteiger partial charge in [0.25, 0.3) is 0 Å². The molecule has 0 radical (unpaired) electrons. The smallest absolute Gasteiger partial charge is 0.137 e. The van der Waals surface area contributed by atoms with Gasteiger partial charge in [0.05, 0.1) is 16.8 Å². The third-order valence-electron chi connectivity index (χ3n) is 11.1. The topological polar surface area (TPSA) is 16.4 Å². The molecule has 0 fully saturated rings. The van der Waals surface area contributed by atoms with Crippen LogP contribution < -0.4 is 4.90 Å². The molecule has 0 spiro atoms. The summed E-state index contributed by atoms with van der Waals surface area (Å²) in [5.74, 6) is 1.06. The number of aryl methyl sites for hydroxylation is 1. The molecule has 1 aliphatic carbocycles. The van der Waals surface area contributed by atoms with Crippen molar-refractivity contribution in [3.8, 4) is 33.4 Å². The molecule has 10 aromatic rings. The molecule has 3 heteroatoms. The van der Waals surface area contributed by atoms with Gasteiger partial charge in [-0.05, 0) is 93.5 Å². The second-order valence-electron chi connectivity index (χ2n) is 14.3. The number of rotatable bonds is 6. The van der Waals surface area contributed by atoms with Gasteiger partial charge in [-0.25, -0.2) is 0 Å². The molecule has 55 heavy (non-hydrogen) atoms. The molecule has 0 atom stereocenters. The van der Waals surface area contributed by atoms with Crippen molar-refractivity contribution in [3.63, 3.8) is 0 Å². The Morgan fingerprint density at radius 3 is 2.13 bits per heavy atom. The zero-order valence-corrected chi connectivity index (χ0v) is 30.9. The molecule has 1 aliphatic rings. The van der Waals surface area contributed by atoms with Crippen LogP contribution in [0, 0.1) is 0 Å². The molecule has 2 aromatic heterocycles. The Bertz CT molecular complexity index is 3100. The summed E-state index contributed by atoms with van der Waals surface area (Å²) in [4.78, 5) is 2.44. The van der Waals surface area contributed by atoms with Crippen LogP contribution in [0.2, 0.25) is 0 Å². The van der Waals surface area contributed by atoms with E-state index >= 15 is 0 Å². The minimum absolute atomic E-state index is 0.913. The molecule has 2 nitrogen and oxygen atoms in total. The quantitative estimate of drug-likeness (QED) is 0.170. The lowest BCUT2D eigenvalue weighted by molar-refractivity contribution is 0.546. The van der Waals surface area contributed by atoms with Crippen molar-refractivity contribution >= 4 is 76.4 Å². The Labute approximate surface area is 323 Å². The Balaban J connectivity index is 1.09. The number of allylic oxidation sites excluding steroid dienone is 1. The summed E-state index contributed by atoms with van der Waals surface area (Å²) in [6.07, 6.45) is 6.44. The maximum atomic E-state index is 6.54. The number of para-hydroxylation sites is 1. The molecule has 11 rings (SSSR count). The van der Waals surface area contributed by atoms with Crippen LogP contribution in [0.1, 0.15) is 17.7 Å². The molecule has 0 saturated heterocycles. The second-order valence-corrected chi connectivity index (χ2v) is 15.4. The van der Waals surface area contributed by atoms with E-state index < -0.39 is 0 Å². The maximum Gasteiger partial charge on any atom is 0.137 e. The number of nitrogens with zero attached hydrogens (tertiary/aromatic N) is 1. The van der Waals surface area contributed by atoms with Gasteiger partial charge in [-0.1, -0.05) is 140 Å². The largest absolute Gasteiger partial charge is 0.460 e. The lowest BCUT2D eigenvalue weighted by Gasteiger charge is -2.29. The van der Waals surface area contributed by atoms with E-state index in [-0.39, 0.29) is 0 Å². The minimum atomic E-state index is 0.913. The summed E-state index contributed by atoms with van der Waals surface area (Å²) in [5, 5.41) is 6.27. The molecule has 0 bridgehead atoms. The van der Waals surface area contributed by atoms with E-state index in [1.807, 2.05) is 11.3 Å². The Morgan fingerprint density at radius 2 is 1.18 bits per heavy atom. The van der Waals surface area contributed by atoms with Gasteiger partial charge in [0.15, 0.2) is 0 Å². The van der Waals surface area contributed by atoms with Gasteiger partial charge in [0, 0.05) is 43.4 Å². The van der Waals surface area contributed by atoms with Crippen LogP contribution in [0.5, 0.6) is 0 Å². The highest BCUT2D eigenvalue weighted by molar-refractivity contribution is 7.25. The van der Waals surface area contributed by atoms with E-state index in [1.165, 1.54) is 69.9 Å².